The number of anilines is 1. The minimum absolute atomic E-state index is 0.0464. The van der Waals surface area contributed by atoms with Gasteiger partial charge < -0.3 is 15.5 Å². The van der Waals surface area contributed by atoms with Crippen LogP contribution in [-0.2, 0) is 22.6 Å². The van der Waals surface area contributed by atoms with E-state index in [1.54, 1.807) is 37.0 Å². The molecule has 2 N–H and O–H groups in total. The van der Waals surface area contributed by atoms with E-state index in [1.165, 1.54) is 6.07 Å². The molecule has 158 valence electrons. The van der Waals surface area contributed by atoms with E-state index in [4.69, 9.17) is 23.2 Å². The monoisotopic (exact) mass is 449 g/mol. The summed E-state index contributed by atoms with van der Waals surface area (Å²) in [6.45, 7) is 4.41. The molecule has 8 heteroatoms. The third-order valence-electron chi connectivity index (χ3n) is 5.05. The van der Waals surface area contributed by atoms with Crippen LogP contribution in [0, 0.1) is 12.7 Å². The summed E-state index contributed by atoms with van der Waals surface area (Å²) < 4.78 is 14.4. The van der Waals surface area contributed by atoms with Crippen LogP contribution in [0.2, 0.25) is 10.0 Å². The topological polar surface area (TPSA) is 61.4 Å². The molecule has 2 amide bonds. The van der Waals surface area contributed by atoms with Gasteiger partial charge in [-0.15, -0.1) is 0 Å². The molecule has 5 nitrogen and oxygen atoms in total. The highest BCUT2D eigenvalue weighted by atomic mass is 35.5. The molecule has 2 aromatic rings. The normalized spacial score (nSPS) is 13.6. The lowest BCUT2D eigenvalue weighted by Crippen LogP contribution is -2.39. The van der Waals surface area contributed by atoms with Gasteiger partial charge in [-0.05, 0) is 72.9 Å². The van der Waals surface area contributed by atoms with Crippen molar-refractivity contribution < 1.29 is 14.0 Å². The number of allylic oxidation sites excluding steroid dienone is 1. The summed E-state index contributed by atoms with van der Waals surface area (Å²) in [4.78, 5) is 25.0. The van der Waals surface area contributed by atoms with Crippen molar-refractivity contribution in [1.82, 2.24) is 10.2 Å². The van der Waals surface area contributed by atoms with Crippen molar-refractivity contribution in [3.05, 3.63) is 68.1 Å². The van der Waals surface area contributed by atoms with Gasteiger partial charge in [-0.1, -0.05) is 23.2 Å². The third kappa shape index (κ3) is 5.12. The molecule has 30 heavy (non-hydrogen) atoms. The molecule has 0 aromatic heterocycles. The summed E-state index contributed by atoms with van der Waals surface area (Å²) in [5.41, 5.74) is 4.26. The van der Waals surface area contributed by atoms with Crippen LogP contribution in [0.25, 0.3) is 6.08 Å². The second-order valence-corrected chi connectivity index (χ2v) is 8.07. The van der Waals surface area contributed by atoms with Crippen LogP contribution < -0.4 is 10.6 Å². The van der Waals surface area contributed by atoms with Gasteiger partial charge >= 0.3 is 0 Å². The van der Waals surface area contributed by atoms with Crippen molar-refractivity contribution >= 4 is 47.3 Å². The van der Waals surface area contributed by atoms with Gasteiger partial charge in [0.25, 0.3) is 0 Å². The van der Waals surface area contributed by atoms with E-state index in [1.807, 2.05) is 6.07 Å². The Morgan fingerprint density at radius 2 is 2.03 bits per heavy atom. The van der Waals surface area contributed by atoms with Crippen LogP contribution in [0.1, 0.15) is 29.2 Å². The second kappa shape index (κ2) is 9.49. The molecule has 1 aliphatic rings. The summed E-state index contributed by atoms with van der Waals surface area (Å²) in [7, 11) is 0. The smallest absolute Gasteiger partial charge is 0.242 e. The fourth-order valence-electron chi connectivity index (χ4n) is 3.43. The number of hydrogen-bond acceptors (Lipinski definition) is 3. The highest BCUT2D eigenvalue weighted by Crippen LogP contribution is 2.30. The number of fused-ring (bicyclic) bond motifs is 1. The van der Waals surface area contributed by atoms with Gasteiger partial charge in [0, 0.05) is 28.8 Å². The maximum absolute atomic E-state index is 14.4. The fraction of sp³-hybridized carbons (Fsp3) is 0.273. The number of nitrogens with zero attached hydrogens (tertiary/aromatic N) is 1. The number of halogens is 3. The van der Waals surface area contributed by atoms with E-state index in [0.717, 1.165) is 22.3 Å². The quantitative estimate of drug-likeness (QED) is 0.636. The number of carbonyl (C=O) groups is 2. The summed E-state index contributed by atoms with van der Waals surface area (Å²) in [5, 5.41) is 6.57. The molecule has 3 rings (SSSR count). The van der Waals surface area contributed by atoms with Crippen molar-refractivity contribution in [2.24, 2.45) is 0 Å². The molecule has 2 aromatic carbocycles. The lowest BCUT2D eigenvalue weighted by molar-refractivity contribution is -0.130. The van der Waals surface area contributed by atoms with E-state index in [2.05, 4.69) is 10.6 Å². The molecule has 0 saturated carbocycles. The number of carbonyl (C=O) groups excluding carboxylic acids is 2. The Morgan fingerprint density at radius 1 is 1.27 bits per heavy atom. The predicted octanol–water partition coefficient (Wildman–Crippen LogP) is 4.54. The first-order valence-electron chi connectivity index (χ1n) is 9.45. The standard InChI is InChI=1S/C22H22Cl2FN3O2/c1-13-5-20(25)21(8-16(13)6-14(2)27-12-29)26-10-22(30)28-4-3-15-7-17(23)9-19(24)18(15)11-28/h5-9,12,26H,3-4,10-11H2,1-2H3,(H,27,29)/b14-6-. The second-order valence-electron chi connectivity index (χ2n) is 7.22. The molecule has 0 aliphatic carbocycles. The molecule has 1 heterocycles. The zero-order valence-corrected chi connectivity index (χ0v) is 18.2. The van der Waals surface area contributed by atoms with Gasteiger partial charge in [0.05, 0.1) is 12.2 Å². The van der Waals surface area contributed by atoms with Gasteiger partial charge in [-0.25, -0.2) is 4.39 Å². The van der Waals surface area contributed by atoms with Gasteiger partial charge in [0.15, 0.2) is 0 Å². The molecule has 0 atom stereocenters. The Morgan fingerprint density at radius 3 is 2.77 bits per heavy atom. The number of aryl methyl sites for hydroxylation is 1. The lowest BCUT2D eigenvalue weighted by Gasteiger charge is -2.30. The molecule has 0 unspecified atom stereocenters. The first-order chi connectivity index (χ1) is 14.3. The average Bonchev–Trinajstić information content (AvgIpc) is 2.68. The number of hydrogen-bond donors (Lipinski definition) is 2. The van der Waals surface area contributed by atoms with E-state index in [9.17, 15) is 14.0 Å². The zero-order chi connectivity index (χ0) is 21.8. The molecular formula is C22H22Cl2FN3O2. The molecular weight excluding hydrogens is 428 g/mol. The minimum Gasteiger partial charge on any atom is -0.374 e. The first kappa shape index (κ1) is 22.1. The number of benzene rings is 2. The van der Waals surface area contributed by atoms with Crippen molar-refractivity contribution in [3.63, 3.8) is 0 Å². The van der Waals surface area contributed by atoms with E-state index < -0.39 is 5.82 Å². The van der Waals surface area contributed by atoms with Crippen LogP contribution in [0.4, 0.5) is 10.1 Å². The molecule has 0 radical (unpaired) electrons. The van der Waals surface area contributed by atoms with Crippen LogP contribution in [0.3, 0.4) is 0 Å². The molecule has 0 fully saturated rings. The van der Waals surface area contributed by atoms with Crippen molar-refractivity contribution in [2.75, 3.05) is 18.4 Å². The number of rotatable bonds is 6. The van der Waals surface area contributed by atoms with E-state index >= 15 is 0 Å². The largest absolute Gasteiger partial charge is 0.374 e. The summed E-state index contributed by atoms with van der Waals surface area (Å²) in [6.07, 6.45) is 2.99. The van der Waals surface area contributed by atoms with Gasteiger partial charge in [0.2, 0.25) is 12.3 Å². The van der Waals surface area contributed by atoms with Crippen LogP contribution in [0.5, 0.6) is 0 Å². The van der Waals surface area contributed by atoms with Crippen LogP contribution in [0.15, 0.2) is 30.0 Å². The zero-order valence-electron chi connectivity index (χ0n) is 16.7. The Hall–Kier alpha value is -2.57. The predicted molar refractivity (Wildman–Crippen MR) is 118 cm³/mol. The molecule has 1 aliphatic heterocycles. The van der Waals surface area contributed by atoms with Crippen LogP contribution in [-0.4, -0.2) is 30.3 Å². The van der Waals surface area contributed by atoms with Crippen molar-refractivity contribution in [2.45, 2.75) is 26.8 Å². The Labute approximate surface area is 184 Å². The maximum Gasteiger partial charge on any atom is 0.242 e. The Balaban J connectivity index is 1.70. The Kier molecular flexibility index (Phi) is 7.00. The summed E-state index contributed by atoms with van der Waals surface area (Å²) in [6, 6.07) is 6.57. The maximum atomic E-state index is 14.4. The van der Waals surface area contributed by atoms with E-state index in [0.29, 0.717) is 41.7 Å². The van der Waals surface area contributed by atoms with E-state index in [-0.39, 0.29) is 18.1 Å². The molecule has 0 bridgehead atoms. The van der Waals surface area contributed by atoms with Crippen molar-refractivity contribution in [1.29, 1.82) is 0 Å². The van der Waals surface area contributed by atoms with Gasteiger partial charge in [0.1, 0.15) is 5.82 Å². The first-order valence-corrected chi connectivity index (χ1v) is 10.2. The van der Waals surface area contributed by atoms with Gasteiger partial charge in [-0.2, -0.15) is 0 Å². The fourth-order valence-corrected chi connectivity index (χ4v) is 4.02. The van der Waals surface area contributed by atoms with Gasteiger partial charge in [-0.3, -0.25) is 9.59 Å². The highest BCUT2D eigenvalue weighted by molar-refractivity contribution is 6.35. The molecule has 0 spiro atoms. The highest BCUT2D eigenvalue weighted by Gasteiger charge is 2.23. The lowest BCUT2D eigenvalue weighted by atomic mass is 9.99. The van der Waals surface area contributed by atoms with Crippen LogP contribution >= 0.6 is 23.2 Å². The average molecular weight is 450 g/mol. The van der Waals surface area contributed by atoms with Crippen molar-refractivity contribution in [3.8, 4) is 0 Å². The SMILES string of the molecule is C/C(=C/c1cc(NCC(=O)N2CCc3cc(Cl)cc(Cl)c3C2)c(F)cc1C)NC=O. The Bertz CT molecular complexity index is 1020. The number of nitrogens with one attached hydrogen (secondary N) is 2. The minimum atomic E-state index is -0.444. The molecule has 0 saturated heterocycles. The third-order valence-corrected chi connectivity index (χ3v) is 5.61. The number of amides is 2. The summed E-state index contributed by atoms with van der Waals surface area (Å²) in [5.74, 6) is -0.595. The summed E-state index contributed by atoms with van der Waals surface area (Å²) >= 11 is 12.3.